The molecule has 148 valence electrons. The van der Waals surface area contributed by atoms with Gasteiger partial charge in [-0.2, -0.15) is 4.31 Å². The summed E-state index contributed by atoms with van der Waals surface area (Å²) < 4.78 is 27.3. The Hall–Kier alpha value is -1.75. The van der Waals surface area contributed by atoms with E-state index in [9.17, 15) is 18.0 Å². The van der Waals surface area contributed by atoms with E-state index in [4.69, 9.17) is 5.11 Å². The Morgan fingerprint density at radius 2 is 1.63 bits per heavy atom. The minimum absolute atomic E-state index is 0.170. The van der Waals surface area contributed by atoms with Gasteiger partial charge in [-0.05, 0) is 29.8 Å². The number of aliphatic carboxylic acids is 1. The van der Waals surface area contributed by atoms with Gasteiger partial charge in [0.25, 0.3) is 0 Å². The molecule has 1 atom stereocenters. The summed E-state index contributed by atoms with van der Waals surface area (Å²) in [4.78, 5) is 25.8. The van der Waals surface area contributed by atoms with Crippen molar-refractivity contribution in [2.45, 2.75) is 33.0 Å². The number of sulfonamides is 1. The third kappa shape index (κ3) is 6.13. The van der Waals surface area contributed by atoms with Gasteiger partial charge in [0.05, 0.1) is 5.75 Å². The third-order valence-corrected chi connectivity index (χ3v) is 7.50. The van der Waals surface area contributed by atoms with E-state index in [1.54, 1.807) is 0 Å². The number of carbonyl (C=O) groups excluding carboxylic acids is 1. The Balaban J connectivity index is 2.16. The number of carboxylic acids is 1. The van der Waals surface area contributed by atoms with Gasteiger partial charge in [0.15, 0.2) is 0 Å². The maximum absolute atomic E-state index is 13.0. The van der Waals surface area contributed by atoms with Crippen molar-refractivity contribution < 1.29 is 23.1 Å². The first kappa shape index (κ1) is 21.5. The molecule has 0 aliphatic heterocycles. The number of carboxylic acid groups (broad SMARTS) is 1. The molecular weight excluding hydrogens is 408 g/mol. The highest BCUT2D eigenvalue weighted by molar-refractivity contribution is 7.89. The lowest BCUT2D eigenvalue weighted by Crippen LogP contribution is -2.45. The van der Waals surface area contributed by atoms with Gasteiger partial charge in [0, 0.05) is 36.3 Å². The summed E-state index contributed by atoms with van der Waals surface area (Å²) >= 11 is 2.95. The van der Waals surface area contributed by atoms with Crippen LogP contribution in [-0.2, 0) is 32.7 Å². The molecule has 0 bridgehead atoms. The van der Waals surface area contributed by atoms with Crippen molar-refractivity contribution in [2.24, 2.45) is 0 Å². The van der Waals surface area contributed by atoms with Crippen LogP contribution in [0.1, 0.15) is 23.6 Å². The quantitative estimate of drug-likeness (QED) is 0.625. The summed E-state index contributed by atoms with van der Waals surface area (Å²) in [6.07, 6.45) is 0. The van der Waals surface area contributed by atoms with Gasteiger partial charge in [-0.25, -0.2) is 13.2 Å². The number of rotatable bonds is 10. The Bertz CT molecular complexity index is 811. The van der Waals surface area contributed by atoms with E-state index in [1.165, 1.54) is 40.8 Å². The van der Waals surface area contributed by atoms with Gasteiger partial charge in [0.1, 0.15) is 6.04 Å². The summed E-state index contributed by atoms with van der Waals surface area (Å²) in [5.74, 6) is -1.97. The van der Waals surface area contributed by atoms with Crippen LogP contribution in [0, 0.1) is 0 Å². The number of hydrogen-bond acceptors (Lipinski definition) is 6. The highest BCUT2D eigenvalue weighted by atomic mass is 32.2. The Kier molecular flexibility index (Phi) is 7.54. The molecule has 7 nitrogen and oxygen atoms in total. The molecule has 1 N–H and O–H groups in total. The standard InChI is InChI=1S/C17H22N2O5S3/c1-13(17(21)22)19(14(2)20)7-10-27(23,24)18(11-15-5-3-8-25-15)12-16-6-4-9-26-16/h3-6,8-9,13H,7,10-12H2,1-2H3,(H,21,22). The molecule has 1 unspecified atom stereocenters. The Morgan fingerprint density at radius 3 is 2.00 bits per heavy atom. The van der Waals surface area contributed by atoms with Gasteiger partial charge in [-0.3, -0.25) is 4.79 Å². The zero-order valence-corrected chi connectivity index (χ0v) is 17.5. The van der Waals surface area contributed by atoms with Crippen LogP contribution in [0.5, 0.6) is 0 Å². The summed E-state index contributed by atoms with van der Waals surface area (Å²) in [6.45, 7) is 2.92. The van der Waals surface area contributed by atoms with E-state index in [0.29, 0.717) is 0 Å². The molecule has 2 aromatic rings. The molecule has 0 saturated carbocycles. The van der Waals surface area contributed by atoms with Crippen molar-refractivity contribution in [2.75, 3.05) is 12.3 Å². The Morgan fingerprint density at radius 1 is 1.11 bits per heavy atom. The largest absolute Gasteiger partial charge is 0.480 e. The van der Waals surface area contributed by atoms with Gasteiger partial charge in [-0.1, -0.05) is 12.1 Å². The molecule has 2 heterocycles. The summed E-state index contributed by atoms with van der Waals surface area (Å²) in [5, 5.41) is 12.9. The topological polar surface area (TPSA) is 95.0 Å². The van der Waals surface area contributed by atoms with E-state index < -0.39 is 27.9 Å². The maximum Gasteiger partial charge on any atom is 0.326 e. The zero-order chi connectivity index (χ0) is 20.0. The Labute approximate surface area is 166 Å². The van der Waals surface area contributed by atoms with E-state index in [1.807, 2.05) is 35.0 Å². The second-order valence-electron chi connectivity index (χ2n) is 5.97. The zero-order valence-electron chi connectivity index (χ0n) is 15.1. The number of thiophene rings is 2. The average molecular weight is 431 g/mol. The van der Waals surface area contributed by atoms with Gasteiger partial charge < -0.3 is 10.0 Å². The van der Waals surface area contributed by atoms with E-state index in [0.717, 1.165) is 14.7 Å². The normalized spacial score (nSPS) is 12.9. The highest BCUT2D eigenvalue weighted by Crippen LogP contribution is 2.20. The fraction of sp³-hybridized carbons (Fsp3) is 0.412. The van der Waals surface area contributed by atoms with Crippen molar-refractivity contribution in [3.05, 3.63) is 44.8 Å². The van der Waals surface area contributed by atoms with Crippen LogP contribution in [0.4, 0.5) is 0 Å². The summed E-state index contributed by atoms with van der Waals surface area (Å²) in [6, 6.07) is 6.39. The van der Waals surface area contributed by atoms with E-state index >= 15 is 0 Å². The molecule has 0 spiro atoms. The first-order valence-corrected chi connectivity index (χ1v) is 11.6. The number of nitrogens with zero attached hydrogens (tertiary/aromatic N) is 2. The SMILES string of the molecule is CC(=O)N(CCS(=O)(=O)N(Cc1cccs1)Cc1cccs1)C(C)C(=O)O. The third-order valence-electron chi connectivity index (χ3n) is 4.04. The van der Waals surface area contributed by atoms with Crippen LogP contribution >= 0.6 is 22.7 Å². The van der Waals surface area contributed by atoms with Crippen molar-refractivity contribution in [1.82, 2.24) is 9.21 Å². The molecule has 0 aliphatic rings. The van der Waals surface area contributed by atoms with Gasteiger partial charge in [-0.15, -0.1) is 22.7 Å². The molecule has 0 fully saturated rings. The second-order valence-corrected chi connectivity index (χ2v) is 10.1. The van der Waals surface area contributed by atoms with Crippen molar-refractivity contribution in [1.29, 1.82) is 0 Å². The molecule has 0 aromatic carbocycles. The molecule has 0 radical (unpaired) electrons. The first-order valence-electron chi connectivity index (χ1n) is 8.23. The van der Waals surface area contributed by atoms with Crippen LogP contribution in [0.3, 0.4) is 0 Å². The molecule has 2 aromatic heterocycles. The monoisotopic (exact) mass is 430 g/mol. The van der Waals surface area contributed by atoms with Crippen molar-refractivity contribution in [3.63, 3.8) is 0 Å². The lowest BCUT2D eigenvalue weighted by Gasteiger charge is -2.27. The van der Waals surface area contributed by atoms with Crippen molar-refractivity contribution in [3.8, 4) is 0 Å². The van der Waals surface area contributed by atoms with Crippen LogP contribution < -0.4 is 0 Å². The van der Waals surface area contributed by atoms with Gasteiger partial charge in [0.2, 0.25) is 15.9 Å². The number of carbonyl (C=O) groups is 2. The minimum atomic E-state index is -3.70. The summed E-state index contributed by atoms with van der Waals surface area (Å²) in [7, 11) is -3.70. The number of amides is 1. The minimum Gasteiger partial charge on any atom is -0.480 e. The molecular formula is C17H22N2O5S3. The van der Waals surface area contributed by atoms with Crippen LogP contribution in [-0.4, -0.2) is 52.9 Å². The predicted octanol–water partition coefficient (Wildman–Crippen LogP) is 2.46. The second kappa shape index (κ2) is 9.45. The molecule has 2 rings (SSSR count). The summed E-state index contributed by atoms with van der Waals surface area (Å²) in [5.41, 5.74) is 0. The highest BCUT2D eigenvalue weighted by Gasteiger charge is 2.28. The lowest BCUT2D eigenvalue weighted by molar-refractivity contribution is -0.148. The molecule has 10 heteroatoms. The lowest BCUT2D eigenvalue weighted by atomic mass is 10.3. The fourth-order valence-electron chi connectivity index (χ4n) is 2.51. The molecule has 27 heavy (non-hydrogen) atoms. The van der Waals surface area contributed by atoms with Gasteiger partial charge >= 0.3 is 5.97 Å². The van der Waals surface area contributed by atoms with Crippen LogP contribution in [0.15, 0.2) is 35.0 Å². The fourth-order valence-corrected chi connectivity index (χ4v) is 5.46. The average Bonchev–Trinajstić information content (AvgIpc) is 3.27. The predicted molar refractivity (Wildman–Crippen MR) is 106 cm³/mol. The van der Waals surface area contributed by atoms with Crippen molar-refractivity contribution >= 4 is 44.6 Å². The number of hydrogen-bond donors (Lipinski definition) is 1. The molecule has 0 saturated heterocycles. The molecule has 1 amide bonds. The maximum atomic E-state index is 13.0. The smallest absolute Gasteiger partial charge is 0.326 e. The van der Waals surface area contributed by atoms with Crippen LogP contribution in [0.2, 0.25) is 0 Å². The first-order chi connectivity index (χ1) is 12.7. The van der Waals surface area contributed by atoms with Crippen LogP contribution in [0.25, 0.3) is 0 Å². The molecule has 0 aliphatic carbocycles. The van der Waals surface area contributed by atoms with E-state index in [2.05, 4.69) is 0 Å². The van der Waals surface area contributed by atoms with E-state index in [-0.39, 0.29) is 25.4 Å².